The minimum atomic E-state index is -0.864. The van der Waals surface area contributed by atoms with Gasteiger partial charge >= 0.3 is 5.63 Å². The molecule has 33 heavy (non-hydrogen) atoms. The third kappa shape index (κ3) is 4.26. The molecule has 0 spiro atoms. The number of fused-ring (bicyclic) bond motifs is 1. The van der Waals surface area contributed by atoms with Crippen LogP contribution in [0.3, 0.4) is 0 Å². The Kier molecular flexibility index (Phi) is 6.29. The summed E-state index contributed by atoms with van der Waals surface area (Å²) in [6.45, 7) is 4.02. The zero-order chi connectivity index (χ0) is 23.5. The van der Waals surface area contributed by atoms with E-state index in [1.807, 2.05) is 25.1 Å². The number of allylic oxidation sites excluding steroid dienone is 1. The van der Waals surface area contributed by atoms with Gasteiger partial charge in [-0.05, 0) is 26.0 Å². The quantitative estimate of drug-likeness (QED) is 0.558. The van der Waals surface area contributed by atoms with Gasteiger partial charge in [-0.1, -0.05) is 41.9 Å². The van der Waals surface area contributed by atoms with E-state index in [-0.39, 0.29) is 29.4 Å². The molecule has 0 saturated heterocycles. The monoisotopic (exact) mass is 464 g/mol. The Morgan fingerprint density at radius 1 is 1.18 bits per heavy atom. The van der Waals surface area contributed by atoms with E-state index in [2.05, 4.69) is 6.07 Å². The number of ether oxygens (including phenoxy) is 3. The number of aryl methyl sites for hydroxylation is 1. The maximum absolute atomic E-state index is 12.9. The summed E-state index contributed by atoms with van der Waals surface area (Å²) in [5, 5.41) is 10.4. The molecule has 2 heterocycles. The van der Waals surface area contributed by atoms with Gasteiger partial charge < -0.3 is 24.4 Å². The Morgan fingerprint density at radius 2 is 1.97 bits per heavy atom. The van der Waals surface area contributed by atoms with Crippen molar-refractivity contribution in [3.8, 4) is 23.3 Å². The lowest BCUT2D eigenvalue weighted by atomic mass is 9.83. The van der Waals surface area contributed by atoms with E-state index in [9.17, 15) is 10.1 Å². The Balaban J connectivity index is 1.90. The van der Waals surface area contributed by atoms with Crippen LogP contribution in [0.5, 0.6) is 17.2 Å². The number of nitrogens with two attached hydrogens (primary N) is 1. The zero-order valence-electron chi connectivity index (χ0n) is 18.1. The summed E-state index contributed by atoms with van der Waals surface area (Å²) in [6.07, 6.45) is 0. The molecule has 0 bridgehead atoms. The number of hydrogen-bond donors (Lipinski definition) is 1. The van der Waals surface area contributed by atoms with Crippen molar-refractivity contribution in [1.82, 2.24) is 0 Å². The summed E-state index contributed by atoms with van der Waals surface area (Å²) in [7, 11) is 0. The van der Waals surface area contributed by atoms with Gasteiger partial charge in [0, 0.05) is 22.2 Å². The molecule has 2 N–H and O–H groups in total. The maximum atomic E-state index is 12.9. The molecule has 1 aliphatic heterocycles. The zero-order valence-corrected chi connectivity index (χ0v) is 18.8. The topological polar surface area (TPSA) is 108 Å². The number of nitriles is 1. The van der Waals surface area contributed by atoms with Gasteiger partial charge in [-0.25, -0.2) is 4.79 Å². The highest BCUT2D eigenvalue weighted by molar-refractivity contribution is 6.31. The smallest absolute Gasteiger partial charge is 0.343 e. The SMILES string of the molecule is CCOc1cccc([C@@H]2C(C#N)=C(N)Oc3cc(C)oc(=O)c32)c1OCc1ccccc1Cl. The van der Waals surface area contributed by atoms with E-state index in [1.165, 1.54) is 0 Å². The van der Waals surface area contributed by atoms with Crippen LogP contribution in [-0.4, -0.2) is 6.61 Å². The third-order valence-electron chi connectivity index (χ3n) is 5.21. The van der Waals surface area contributed by atoms with Crippen LogP contribution < -0.4 is 25.6 Å². The second kappa shape index (κ2) is 9.31. The first-order valence-electron chi connectivity index (χ1n) is 10.3. The lowest BCUT2D eigenvalue weighted by Crippen LogP contribution is -2.26. The molecule has 7 nitrogen and oxygen atoms in total. The molecule has 3 aromatic rings. The third-order valence-corrected chi connectivity index (χ3v) is 5.58. The molecule has 1 atom stereocenters. The summed E-state index contributed by atoms with van der Waals surface area (Å²) in [6, 6.07) is 16.2. The van der Waals surface area contributed by atoms with E-state index in [1.54, 1.807) is 37.3 Å². The summed E-state index contributed by atoms with van der Waals surface area (Å²) in [5.74, 6) is 0.490. The van der Waals surface area contributed by atoms with E-state index >= 15 is 0 Å². The van der Waals surface area contributed by atoms with Gasteiger partial charge in [-0.3, -0.25) is 0 Å². The first-order chi connectivity index (χ1) is 15.9. The Morgan fingerprint density at radius 3 is 2.70 bits per heavy atom. The number of nitrogens with zero attached hydrogens (tertiary/aromatic N) is 1. The van der Waals surface area contributed by atoms with E-state index in [0.29, 0.717) is 34.5 Å². The van der Waals surface area contributed by atoms with Crippen molar-refractivity contribution in [1.29, 1.82) is 5.26 Å². The van der Waals surface area contributed by atoms with Crippen LogP contribution in [0.25, 0.3) is 0 Å². The number of rotatable bonds is 6. The molecule has 8 heteroatoms. The number of para-hydroxylation sites is 1. The largest absolute Gasteiger partial charge is 0.490 e. The summed E-state index contributed by atoms with van der Waals surface area (Å²) in [5.41, 5.74) is 7.00. The molecule has 0 unspecified atom stereocenters. The van der Waals surface area contributed by atoms with Crippen molar-refractivity contribution in [2.24, 2.45) is 5.73 Å². The standard InChI is InChI=1S/C25H21ClN2O5/c1-3-30-19-10-6-8-16(23(19)31-13-15-7-4-5-9-18(15)26)21-17(12-27)24(28)33-20-11-14(2)32-25(29)22(20)21/h4-11,21H,3,13,28H2,1-2H3/t21-/m1/s1. The van der Waals surface area contributed by atoms with Gasteiger partial charge in [0.1, 0.15) is 29.8 Å². The van der Waals surface area contributed by atoms with Crippen molar-refractivity contribution in [3.05, 3.63) is 97.9 Å². The molecule has 0 saturated carbocycles. The lowest BCUT2D eigenvalue weighted by Gasteiger charge is -2.27. The van der Waals surface area contributed by atoms with Gasteiger partial charge in [0.25, 0.3) is 0 Å². The molecule has 0 fully saturated rings. The summed E-state index contributed by atoms with van der Waals surface area (Å²) >= 11 is 6.30. The molecule has 168 valence electrons. The molecule has 0 aliphatic carbocycles. The Bertz CT molecular complexity index is 1340. The van der Waals surface area contributed by atoms with Crippen LogP contribution in [0.1, 0.15) is 35.3 Å². The van der Waals surface area contributed by atoms with Crippen molar-refractivity contribution in [2.45, 2.75) is 26.4 Å². The van der Waals surface area contributed by atoms with Gasteiger partial charge in [0.05, 0.1) is 18.1 Å². The van der Waals surface area contributed by atoms with E-state index in [0.717, 1.165) is 5.56 Å². The highest BCUT2D eigenvalue weighted by Gasteiger charge is 2.36. The molecular formula is C25H21ClN2O5. The highest BCUT2D eigenvalue weighted by atomic mass is 35.5. The minimum Gasteiger partial charge on any atom is -0.490 e. The van der Waals surface area contributed by atoms with Crippen LogP contribution in [0, 0.1) is 18.3 Å². The van der Waals surface area contributed by atoms with Gasteiger partial charge in [-0.15, -0.1) is 0 Å². The normalized spacial score (nSPS) is 14.8. The average Bonchev–Trinajstić information content (AvgIpc) is 2.78. The first kappa shape index (κ1) is 22.3. The van der Waals surface area contributed by atoms with Gasteiger partial charge in [0.15, 0.2) is 11.5 Å². The highest BCUT2D eigenvalue weighted by Crippen LogP contribution is 2.46. The van der Waals surface area contributed by atoms with Gasteiger partial charge in [-0.2, -0.15) is 5.26 Å². The fourth-order valence-electron chi connectivity index (χ4n) is 3.78. The van der Waals surface area contributed by atoms with Crippen LogP contribution in [0.2, 0.25) is 5.02 Å². The number of benzene rings is 2. The predicted octanol–water partition coefficient (Wildman–Crippen LogP) is 4.80. The lowest BCUT2D eigenvalue weighted by molar-refractivity contribution is 0.265. The van der Waals surface area contributed by atoms with Crippen LogP contribution in [0.15, 0.2) is 69.2 Å². The van der Waals surface area contributed by atoms with Crippen LogP contribution in [0.4, 0.5) is 0 Å². The number of halogens is 1. The first-order valence-corrected chi connectivity index (χ1v) is 10.7. The molecule has 1 aliphatic rings. The fourth-order valence-corrected chi connectivity index (χ4v) is 3.97. The molecular weight excluding hydrogens is 444 g/mol. The Labute approximate surface area is 195 Å². The molecule has 0 radical (unpaired) electrons. The van der Waals surface area contributed by atoms with Crippen LogP contribution >= 0.6 is 11.6 Å². The predicted molar refractivity (Wildman–Crippen MR) is 122 cm³/mol. The van der Waals surface area contributed by atoms with Crippen LogP contribution in [-0.2, 0) is 6.61 Å². The van der Waals surface area contributed by atoms with Crippen molar-refractivity contribution >= 4 is 11.6 Å². The molecule has 0 amide bonds. The second-order valence-electron chi connectivity index (χ2n) is 7.33. The van der Waals surface area contributed by atoms with Crippen molar-refractivity contribution < 1.29 is 18.6 Å². The Hall–Kier alpha value is -3.89. The maximum Gasteiger partial charge on any atom is 0.343 e. The summed E-state index contributed by atoms with van der Waals surface area (Å²) < 4.78 is 22.9. The average molecular weight is 465 g/mol. The molecule has 2 aromatic carbocycles. The fraction of sp³-hybridized carbons (Fsp3) is 0.200. The molecule has 4 rings (SSSR count). The molecule has 1 aromatic heterocycles. The van der Waals surface area contributed by atoms with Gasteiger partial charge in [0.2, 0.25) is 5.88 Å². The van der Waals surface area contributed by atoms with Crippen molar-refractivity contribution in [3.63, 3.8) is 0 Å². The van der Waals surface area contributed by atoms with E-state index < -0.39 is 11.5 Å². The van der Waals surface area contributed by atoms with Crippen molar-refractivity contribution in [2.75, 3.05) is 6.61 Å². The second-order valence-corrected chi connectivity index (χ2v) is 7.74. The number of hydrogen-bond acceptors (Lipinski definition) is 7. The summed E-state index contributed by atoms with van der Waals surface area (Å²) in [4.78, 5) is 12.9. The van der Waals surface area contributed by atoms with E-state index in [4.69, 9.17) is 36.0 Å². The minimum absolute atomic E-state index is 0.0786.